The van der Waals surface area contributed by atoms with Crippen molar-refractivity contribution in [3.05, 3.63) is 11.6 Å². The molecule has 4 rings (SSSR count). The van der Waals surface area contributed by atoms with Gasteiger partial charge in [-0.05, 0) is 81.5 Å². The number of aliphatic hydroxyl groups excluding tert-OH is 2. The van der Waals surface area contributed by atoms with Crippen LogP contribution in [0, 0.1) is 34.5 Å². The Morgan fingerprint density at radius 3 is 2.71 bits per heavy atom. The highest BCUT2D eigenvalue weighted by Crippen LogP contribution is 2.66. The van der Waals surface area contributed by atoms with E-state index in [9.17, 15) is 15.0 Å². The molecular weight excluding hydrogens is 300 g/mol. The zero-order valence-electron chi connectivity index (χ0n) is 15.1. The van der Waals surface area contributed by atoms with Gasteiger partial charge in [0, 0.05) is 11.3 Å². The molecule has 4 aliphatic rings. The number of aliphatic hydroxyl groups is 2. The summed E-state index contributed by atoms with van der Waals surface area (Å²) in [5.74, 6) is 2.39. The van der Waals surface area contributed by atoms with Crippen molar-refractivity contribution < 1.29 is 15.0 Å². The number of carbonyl (C=O) groups excluding carboxylic acids is 1. The monoisotopic (exact) mass is 332 g/mol. The van der Waals surface area contributed by atoms with Gasteiger partial charge < -0.3 is 10.2 Å². The molecule has 0 amide bonds. The van der Waals surface area contributed by atoms with Gasteiger partial charge in [0.05, 0.1) is 12.7 Å². The van der Waals surface area contributed by atoms with Crippen LogP contribution in [0.1, 0.15) is 65.2 Å². The van der Waals surface area contributed by atoms with Gasteiger partial charge in [-0.1, -0.05) is 18.6 Å². The third-order valence-electron chi connectivity index (χ3n) is 8.57. The van der Waals surface area contributed by atoms with E-state index in [0.717, 1.165) is 44.9 Å². The number of allylic oxidation sites excluding steroid dienone is 1. The molecule has 7 atom stereocenters. The molecule has 0 bridgehead atoms. The van der Waals surface area contributed by atoms with E-state index in [1.54, 1.807) is 6.92 Å². The third-order valence-corrected chi connectivity index (χ3v) is 8.57. The molecule has 4 aliphatic carbocycles. The van der Waals surface area contributed by atoms with Gasteiger partial charge in [-0.2, -0.15) is 0 Å². The van der Waals surface area contributed by atoms with Crippen LogP contribution in [0.3, 0.4) is 0 Å². The van der Waals surface area contributed by atoms with Gasteiger partial charge in [0.25, 0.3) is 0 Å². The van der Waals surface area contributed by atoms with Crippen LogP contribution in [0.4, 0.5) is 0 Å². The summed E-state index contributed by atoms with van der Waals surface area (Å²) in [6, 6.07) is 0. The highest BCUT2D eigenvalue weighted by Gasteiger charge is 2.60. The van der Waals surface area contributed by atoms with Gasteiger partial charge in [-0.3, -0.25) is 4.79 Å². The van der Waals surface area contributed by atoms with E-state index in [-0.39, 0.29) is 29.5 Å². The molecule has 0 unspecified atom stereocenters. The van der Waals surface area contributed by atoms with E-state index in [2.05, 4.69) is 13.0 Å². The Hall–Kier alpha value is -0.670. The predicted octanol–water partition coefficient (Wildman–Crippen LogP) is 3.49. The predicted molar refractivity (Wildman–Crippen MR) is 93.3 cm³/mol. The number of hydrogen-bond acceptors (Lipinski definition) is 3. The number of fused-ring (bicyclic) bond motifs is 5. The Labute approximate surface area is 145 Å². The lowest BCUT2D eigenvalue weighted by Gasteiger charge is -2.58. The molecule has 0 aromatic rings. The van der Waals surface area contributed by atoms with Crippen molar-refractivity contribution in [1.82, 2.24) is 0 Å². The molecular formula is C21H32O3. The molecule has 0 saturated heterocycles. The fraction of sp³-hybridized carbons (Fsp3) is 0.857. The van der Waals surface area contributed by atoms with Crippen LogP contribution in [0.2, 0.25) is 0 Å². The van der Waals surface area contributed by atoms with Crippen molar-refractivity contribution >= 4 is 5.78 Å². The molecule has 0 aromatic carbocycles. The van der Waals surface area contributed by atoms with Gasteiger partial charge in [0.15, 0.2) is 0 Å². The van der Waals surface area contributed by atoms with Gasteiger partial charge >= 0.3 is 0 Å². The summed E-state index contributed by atoms with van der Waals surface area (Å²) < 4.78 is 0. The molecule has 3 saturated carbocycles. The summed E-state index contributed by atoms with van der Waals surface area (Å²) in [7, 11) is 0. The van der Waals surface area contributed by atoms with Crippen LogP contribution < -0.4 is 0 Å². The molecule has 2 N–H and O–H groups in total. The Balaban J connectivity index is 1.68. The quantitative estimate of drug-likeness (QED) is 0.761. The summed E-state index contributed by atoms with van der Waals surface area (Å²) in [5.41, 5.74) is 1.41. The zero-order valence-corrected chi connectivity index (χ0v) is 15.1. The fourth-order valence-electron chi connectivity index (χ4n) is 7.40. The van der Waals surface area contributed by atoms with Crippen molar-refractivity contribution in [3.8, 4) is 0 Å². The molecule has 0 heterocycles. The zero-order chi connectivity index (χ0) is 17.1. The molecule has 3 fully saturated rings. The number of rotatable bonds is 2. The van der Waals surface area contributed by atoms with Crippen LogP contribution in [0.15, 0.2) is 11.6 Å². The van der Waals surface area contributed by atoms with Crippen LogP contribution >= 0.6 is 0 Å². The Morgan fingerprint density at radius 1 is 1.21 bits per heavy atom. The topological polar surface area (TPSA) is 57.5 Å². The summed E-state index contributed by atoms with van der Waals surface area (Å²) in [4.78, 5) is 12.2. The molecule has 134 valence electrons. The minimum Gasteiger partial charge on any atom is -0.395 e. The molecule has 0 aromatic heterocycles. The first-order chi connectivity index (χ1) is 11.4. The molecule has 3 heteroatoms. The van der Waals surface area contributed by atoms with Crippen LogP contribution in [0.5, 0.6) is 0 Å². The molecule has 3 nitrogen and oxygen atoms in total. The summed E-state index contributed by atoms with van der Waals surface area (Å²) >= 11 is 0. The normalized spacial score (nSPS) is 50.5. The van der Waals surface area contributed by atoms with E-state index >= 15 is 0 Å². The second-order valence-electron chi connectivity index (χ2n) is 9.34. The van der Waals surface area contributed by atoms with E-state index in [1.807, 2.05) is 0 Å². The number of Topliss-reactive ketones (excluding diaryl/α,β-unsaturated/α-hetero) is 1. The lowest BCUT2D eigenvalue weighted by atomic mass is 9.47. The maximum atomic E-state index is 12.2. The number of carbonyl (C=O) groups is 1. The molecule has 0 spiro atoms. The average molecular weight is 332 g/mol. The first-order valence-corrected chi connectivity index (χ1v) is 9.91. The van der Waals surface area contributed by atoms with E-state index in [1.165, 1.54) is 12.0 Å². The van der Waals surface area contributed by atoms with Gasteiger partial charge in [0.2, 0.25) is 0 Å². The fourth-order valence-corrected chi connectivity index (χ4v) is 7.40. The van der Waals surface area contributed by atoms with Crippen LogP contribution in [-0.2, 0) is 4.79 Å². The van der Waals surface area contributed by atoms with Crippen molar-refractivity contribution in [3.63, 3.8) is 0 Å². The van der Waals surface area contributed by atoms with Crippen LogP contribution in [0.25, 0.3) is 0 Å². The van der Waals surface area contributed by atoms with Crippen molar-refractivity contribution in [2.45, 2.75) is 71.3 Å². The smallest absolute Gasteiger partial charge is 0.133 e. The second kappa shape index (κ2) is 5.67. The molecule has 24 heavy (non-hydrogen) atoms. The van der Waals surface area contributed by atoms with Crippen molar-refractivity contribution in [1.29, 1.82) is 0 Å². The Kier molecular flexibility index (Phi) is 3.96. The van der Waals surface area contributed by atoms with E-state index in [4.69, 9.17) is 0 Å². The minimum atomic E-state index is -0.227. The first-order valence-electron chi connectivity index (χ1n) is 9.91. The Bertz CT molecular complexity index is 567. The summed E-state index contributed by atoms with van der Waals surface area (Å²) in [5, 5.41) is 20.5. The maximum absolute atomic E-state index is 12.2. The standard InChI is InChI=1S/C21H32O3/c1-13(23)17-5-6-18-16-4-3-14-11-15(24)7-10-21(14,12-22)19(16)8-9-20(17,18)2/h3,15-19,22,24H,4-12H2,1-2H3/t15-,16+,17-,18+,19+,20-,21-/m1/s1. The van der Waals surface area contributed by atoms with Crippen LogP contribution in [-0.4, -0.2) is 28.7 Å². The number of ketones is 1. The molecule has 0 radical (unpaired) electrons. The average Bonchev–Trinajstić information content (AvgIpc) is 2.91. The Morgan fingerprint density at radius 2 is 2.00 bits per heavy atom. The van der Waals surface area contributed by atoms with E-state index < -0.39 is 0 Å². The van der Waals surface area contributed by atoms with Crippen molar-refractivity contribution in [2.24, 2.45) is 34.5 Å². The third kappa shape index (κ3) is 2.13. The van der Waals surface area contributed by atoms with Gasteiger partial charge in [-0.25, -0.2) is 0 Å². The van der Waals surface area contributed by atoms with Gasteiger partial charge in [-0.15, -0.1) is 0 Å². The van der Waals surface area contributed by atoms with E-state index in [0.29, 0.717) is 23.5 Å². The largest absolute Gasteiger partial charge is 0.395 e. The summed E-state index contributed by atoms with van der Waals surface area (Å²) in [6.07, 6.45) is 10.2. The highest BCUT2D eigenvalue weighted by atomic mass is 16.3. The number of hydrogen-bond donors (Lipinski definition) is 2. The minimum absolute atomic E-state index is 0.0855. The van der Waals surface area contributed by atoms with Crippen molar-refractivity contribution in [2.75, 3.05) is 6.61 Å². The highest BCUT2D eigenvalue weighted by molar-refractivity contribution is 5.79. The summed E-state index contributed by atoms with van der Waals surface area (Å²) in [6.45, 7) is 4.37. The maximum Gasteiger partial charge on any atom is 0.133 e. The second-order valence-corrected chi connectivity index (χ2v) is 9.34. The van der Waals surface area contributed by atoms with Gasteiger partial charge in [0.1, 0.15) is 5.78 Å². The SMILES string of the molecule is CC(=O)[C@H]1CC[C@H]2[C@@H]3CC=C4C[C@H](O)CC[C@]4(CO)[C@H]3CC[C@]12C. The molecule has 0 aliphatic heterocycles. The lowest BCUT2D eigenvalue weighted by Crippen LogP contribution is -2.53. The first kappa shape index (κ1) is 16.8. The lowest BCUT2D eigenvalue weighted by molar-refractivity contribution is -0.128.